The Bertz CT molecular complexity index is 1250. The van der Waals surface area contributed by atoms with Crippen LogP contribution in [0.4, 0.5) is 4.39 Å². The minimum atomic E-state index is -0.443. The zero-order valence-corrected chi connectivity index (χ0v) is 20.7. The fraction of sp³-hybridized carbons (Fsp3) is 0.222. The summed E-state index contributed by atoms with van der Waals surface area (Å²) in [7, 11) is 0. The van der Waals surface area contributed by atoms with Gasteiger partial charge in [0, 0.05) is 21.6 Å². The van der Waals surface area contributed by atoms with Gasteiger partial charge in [-0.15, -0.1) is 0 Å². The molecule has 8 heteroatoms. The average molecular weight is 490 g/mol. The molecule has 180 valence electrons. The lowest BCUT2D eigenvalue weighted by molar-refractivity contribution is 0.0934. The standard InChI is InChI=1S/C27H28FN5OS/c1-27(2,3)33-35-22-15-11-19(12-16-22)24-30-25(32-31-24)23(17-18-7-5-4-6-8-18)29-26(34)20-9-13-21(28)14-10-20/h4-16,23,33H,17H2,1-3H3,(H,29,34)(H,30,31,32). The molecule has 1 heterocycles. The van der Waals surface area contributed by atoms with Crippen molar-refractivity contribution in [2.45, 2.75) is 43.7 Å². The number of rotatable bonds is 8. The normalized spacial score (nSPS) is 12.3. The first-order valence-corrected chi connectivity index (χ1v) is 12.2. The van der Waals surface area contributed by atoms with E-state index in [4.69, 9.17) is 0 Å². The second kappa shape index (κ2) is 10.8. The van der Waals surface area contributed by atoms with E-state index < -0.39 is 6.04 Å². The molecule has 35 heavy (non-hydrogen) atoms. The largest absolute Gasteiger partial charge is 0.342 e. The maximum Gasteiger partial charge on any atom is 0.251 e. The molecule has 3 aromatic carbocycles. The van der Waals surface area contributed by atoms with E-state index in [1.165, 1.54) is 24.3 Å². The maximum atomic E-state index is 13.3. The molecule has 3 N–H and O–H groups in total. The van der Waals surface area contributed by atoms with E-state index in [2.05, 4.69) is 46.0 Å². The van der Waals surface area contributed by atoms with Crippen LogP contribution in [-0.2, 0) is 6.42 Å². The highest BCUT2D eigenvalue weighted by molar-refractivity contribution is 7.97. The van der Waals surface area contributed by atoms with Crippen LogP contribution in [-0.4, -0.2) is 26.6 Å². The van der Waals surface area contributed by atoms with Crippen molar-refractivity contribution >= 4 is 17.9 Å². The number of hydrogen-bond acceptors (Lipinski definition) is 5. The number of carbonyl (C=O) groups is 1. The fourth-order valence-electron chi connectivity index (χ4n) is 3.35. The van der Waals surface area contributed by atoms with Gasteiger partial charge in [0.1, 0.15) is 11.6 Å². The van der Waals surface area contributed by atoms with Crippen LogP contribution in [0.1, 0.15) is 48.6 Å². The van der Waals surface area contributed by atoms with Gasteiger partial charge in [-0.3, -0.25) is 14.6 Å². The Kier molecular flexibility index (Phi) is 7.63. The quantitative estimate of drug-likeness (QED) is 0.276. The van der Waals surface area contributed by atoms with Crippen molar-refractivity contribution < 1.29 is 9.18 Å². The van der Waals surface area contributed by atoms with Crippen molar-refractivity contribution in [3.8, 4) is 11.4 Å². The van der Waals surface area contributed by atoms with Crippen LogP contribution in [0.25, 0.3) is 11.4 Å². The lowest BCUT2D eigenvalue weighted by Crippen LogP contribution is -2.30. The van der Waals surface area contributed by atoms with E-state index in [9.17, 15) is 9.18 Å². The zero-order chi connectivity index (χ0) is 24.8. The second-order valence-corrected chi connectivity index (χ2v) is 10.1. The number of nitrogens with zero attached hydrogens (tertiary/aromatic N) is 2. The molecule has 1 amide bonds. The molecule has 1 aromatic heterocycles. The summed E-state index contributed by atoms with van der Waals surface area (Å²) in [6, 6.07) is 22.9. The van der Waals surface area contributed by atoms with Gasteiger partial charge in [0.15, 0.2) is 5.82 Å². The van der Waals surface area contributed by atoms with Crippen molar-refractivity contribution in [2.24, 2.45) is 0 Å². The molecule has 0 aliphatic heterocycles. The van der Waals surface area contributed by atoms with Gasteiger partial charge in [-0.1, -0.05) is 30.3 Å². The predicted molar refractivity (Wildman–Crippen MR) is 137 cm³/mol. The van der Waals surface area contributed by atoms with Crippen LogP contribution in [0.15, 0.2) is 83.8 Å². The van der Waals surface area contributed by atoms with Crippen LogP contribution in [0.3, 0.4) is 0 Å². The molecule has 0 aliphatic rings. The number of aromatic nitrogens is 3. The number of aromatic amines is 1. The molecule has 1 unspecified atom stereocenters. The summed E-state index contributed by atoms with van der Waals surface area (Å²) in [6.07, 6.45) is 0.524. The first-order chi connectivity index (χ1) is 16.8. The Labute approximate surface area is 208 Å². The molecule has 0 saturated carbocycles. The van der Waals surface area contributed by atoms with Crippen LogP contribution in [0, 0.1) is 5.82 Å². The van der Waals surface area contributed by atoms with E-state index in [-0.39, 0.29) is 17.3 Å². The molecule has 0 aliphatic carbocycles. The zero-order valence-electron chi connectivity index (χ0n) is 19.9. The number of carbonyl (C=O) groups excluding carboxylic acids is 1. The van der Waals surface area contributed by atoms with Gasteiger partial charge in [0.2, 0.25) is 0 Å². The van der Waals surface area contributed by atoms with Crippen LogP contribution in [0.2, 0.25) is 0 Å². The summed E-state index contributed by atoms with van der Waals surface area (Å²) in [4.78, 5) is 18.7. The van der Waals surface area contributed by atoms with Crippen LogP contribution < -0.4 is 10.0 Å². The molecule has 6 nitrogen and oxygen atoms in total. The van der Waals surface area contributed by atoms with Gasteiger partial charge in [0.25, 0.3) is 5.91 Å². The highest BCUT2D eigenvalue weighted by atomic mass is 32.2. The summed E-state index contributed by atoms with van der Waals surface area (Å²) in [5, 5.41) is 10.4. The predicted octanol–water partition coefficient (Wildman–Crippen LogP) is 5.72. The van der Waals surface area contributed by atoms with E-state index in [0.717, 1.165) is 16.0 Å². The molecule has 0 saturated heterocycles. The Morgan fingerprint density at radius 2 is 1.69 bits per heavy atom. The summed E-state index contributed by atoms with van der Waals surface area (Å²) < 4.78 is 16.7. The van der Waals surface area contributed by atoms with Crippen molar-refractivity contribution in [2.75, 3.05) is 0 Å². The molecule has 4 rings (SSSR count). The minimum Gasteiger partial charge on any atom is -0.342 e. The Hall–Kier alpha value is -3.49. The third-order valence-electron chi connectivity index (χ3n) is 5.11. The molecular formula is C27H28FN5OS. The van der Waals surface area contributed by atoms with Crippen molar-refractivity contribution in [3.05, 3.63) is 102 Å². The third kappa shape index (κ3) is 7.00. The number of H-pyrrole nitrogens is 1. The fourth-order valence-corrected chi connectivity index (χ4v) is 4.05. The van der Waals surface area contributed by atoms with Gasteiger partial charge in [0.05, 0.1) is 6.04 Å². The summed E-state index contributed by atoms with van der Waals surface area (Å²) in [5.74, 6) is 0.402. The maximum absolute atomic E-state index is 13.3. The number of halogens is 1. The number of nitrogens with one attached hydrogen (secondary N) is 3. The smallest absolute Gasteiger partial charge is 0.251 e. The first-order valence-electron chi connectivity index (χ1n) is 11.3. The Morgan fingerprint density at radius 1 is 1.00 bits per heavy atom. The summed E-state index contributed by atoms with van der Waals surface area (Å²) in [5.41, 5.74) is 2.30. The number of benzene rings is 3. The molecule has 0 fully saturated rings. The van der Waals surface area contributed by atoms with Gasteiger partial charge >= 0.3 is 0 Å². The molecule has 0 bridgehead atoms. The molecule has 0 spiro atoms. The van der Waals surface area contributed by atoms with Gasteiger partial charge in [-0.25, -0.2) is 9.37 Å². The molecule has 4 aromatic rings. The summed E-state index contributed by atoms with van der Waals surface area (Å²) >= 11 is 1.58. The van der Waals surface area contributed by atoms with Gasteiger partial charge in [-0.2, -0.15) is 5.10 Å². The van der Waals surface area contributed by atoms with Crippen LogP contribution >= 0.6 is 11.9 Å². The molecule has 1 atom stereocenters. The third-order valence-corrected chi connectivity index (χ3v) is 6.34. The number of hydrogen-bond donors (Lipinski definition) is 3. The lowest BCUT2D eigenvalue weighted by Gasteiger charge is -2.19. The van der Waals surface area contributed by atoms with Gasteiger partial charge < -0.3 is 5.32 Å². The highest BCUT2D eigenvalue weighted by Crippen LogP contribution is 2.24. The first kappa shape index (κ1) is 24.6. The van der Waals surface area contributed by atoms with Gasteiger partial charge in [-0.05, 0) is 93.2 Å². The van der Waals surface area contributed by atoms with Crippen molar-refractivity contribution in [1.82, 2.24) is 25.2 Å². The molecule has 0 radical (unpaired) electrons. The van der Waals surface area contributed by atoms with E-state index >= 15 is 0 Å². The van der Waals surface area contributed by atoms with Crippen LogP contribution in [0.5, 0.6) is 0 Å². The Morgan fingerprint density at radius 3 is 2.34 bits per heavy atom. The van der Waals surface area contributed by atoms with E-state index in [0.29, 0.717) is 23.6 Å². The number of amides is 1. The summed E-state index contributed by atoms with van der Waals surface area (Å²) in [6.45, 7) is 6.35. The lowest BCUT2D eigenvalue weighted by atomic mass is 10.0. The second-order valence-electron chi connectivity index (χ2n) is 9.25. The van der Waals surface area contributed by atoms with Crippen molar-refractivity contribution in [3.63, 3.8) is 0 Å². The minimum absolute atomic E-state index is 0.00804. The van der Waals surface area contributed by atoms with E-state index in [1.54, 1.807) is 11.9 Å². The SMILES string of the molecule is CC(C)(C)NSc1ccc(-c2n[nH]c(C(Cc3ccccc3)NC(=O)c3ccc(F)cc3)n2)cc1. The monoisotopic (exact) mass is 489 g/mol. The highest BCUT2D eigenvalue weighted by Gasteiger charge is 2.21. The van der Waals surface area contributed by atoms with Crippen molar-refractivity contribution in [1.29, 1.82) is 0 Å². The average Bonchev–Trinajstić information content (AvgIpc) is 3.34. The molecular weight excluding hydrogens is 461 g/mol. The van der Waals surface area contributed by atoms with E-state index in [1.807, 2.05) is 54.6 Å². The Balaban J connectivity index is 1.53. The topological polar surface area (TPSA) is 82.7 Å².